The van der Waals surface area contributed by atoms with Gasteiger partial charge in [-0.3, -0.25) is 4.79 Å². The largest absolute Gasteiger partial charge is 0.494 e. The molecule has 0 unspecified atom stereocenters. The van der Waals surface area contributed by atoms with Gasteiger partial charge in [0.15, 0.2) is 5.65 Å². The van der Waals surface area contributed by atoms with Gasteiger partial charge in [0.2, 0.25) is 0 Å². The van der Waals surface area contributed by atoms with Crippen molar-refractivity contribution >= 4 is 22.5 Å². The molecular formula is C11H9N5O2. The number of rotatable bonds is 2. The van der Waals surface area contributed by atoms with E-state index in [0.29, 0.717) is 16.9 Å². The van der Waals surface area contributed by atoms with E-state index in [2.05, 4.69) is 15.5 Å². The van der Waals surface area contributed by atoms with Crippen LogP contribution in [0.25, 0.3) is 16.6 Å². The van der Waals surface area contributed by atoms with Gasteiger partial charge < -0.3 is 10.5 Å². The minimum absolute atomic E-state index is 0.278. The summed E-state index contributed by atoms with van der Waals surface area (Å²) in [5.74, 6) is 0.0559. The number of methoxy groups -OCH3 is 1. The minimum atomic E-state index is -0.570. The van der Waals surface area contributed by atoms with E-state index in [1.165, 1.54) is 4.52 Å². The molecule has 0 fully saturated rings. The SMILES string of the molecule is COc1cccc2cc(C(N)=O)c3nnnn3c12. The fraction of sp³-hybridized carbons (Fsp3) is 0.0909. The highest BCUT2D eigenvalue weighted by molar-refractivity contribution is 6.03. The van der Waals surface area contributed by atoms with Gasteiger partial charge in [-0.2, -0.15) is 4.52 Å². The number of tetrazole rings is 1. The first kappa shape index (κ1) is 10.5. The molecule has 90 valence electrons. The van der Waals surface area contributed by atoms with Crippen LogP contribution >= 0.6 is 0 Å². The van der Waals surface area contributed by atoms with Crippen molar-refractivity contribution in [3.05, 3.63) is 29.8 Å². The predicted molar refractivity (Wildman–Crippen MR) is 63.4 cm³/mol. The summed E-state index contributed by atoms with van der Waals surface area (Å²) in [4.78, 5) is 11.4. The molecule has 1 aromatic carbocycles. The number of primary amides is 1. The molecule has 3 rings (SSSR count). The highest BCUT2D eigenvalue weighted by Crippen LogP contribution is 2.27. The van der Waals surface area contributed by atoms with Crippen LogP contribution in [0.15, 0.2) is 24.3 Å². The lowest BCUT2D eigenvalue weighted by atomic mass is 10.1. The van der Waals surface area contributed by atoms with E-state index in [4.69, 9.17) is 10.5 Å². The Hall–Kier alpha value is -2.70. The first-order chi connectivity index (χ1) is 8.72. The van der Waals surface area contributed by atoms with Crippen LogP contribution in [0.3, 0.4) is 0 Å². The van der Waals surface area contributed by atoms with Gasteiger partial charge in [-0.15, -0.1) is 5.10 Å². The Morgan fingerprint density at radius 2 is 2.28 bits per heavy atom. The predicted octanol–water partition coefficient (Wildman–Crippen LogP) is 0.385. The number of nitrogens with zero attached hydrogens (tertiary/aromatic N) is 4. The van der Waals surface area contributed by atoms with Gasteiger partial charge in [0.05, 0.1) is 12.7 Å². The minimum Gasteiger partial charge on any atom is -0.494 e. The molecule has 18 heavy (non-hydrogen) atoms. The number of aromatic nitrogens is 4. The Morgan fingerprint density at radius 3 is 3.00 bits per heavy atom. The number of para-hydroxylation sites is 1. The smallest absolute Gasteiger partial charge is 0.252 e. The molecule has 0 spiro atoms. The van der Waals surface area contributed by atoms with Crippen molar-refractivity contribution in [2.45, 2.75) is 0 Å². The van der Waals surface area contributed by atoms with Gasteiger partial charge in [0.25, 0.3) is 5.91 Å². The number of ether oxygens (including phenoxy) is 1. The monoisotopic (exact) mass is 243 g/mol. The summed E-state index contributed by atoms with van der Waals surface area (Å²) >= 11 is 0. The number of pyridine rings is 1. The van der Waals surface area contributed by atoms with Crippen molar-refractivity contribution in [2.24, 2.45) is 5.73 Å². The molecule has 7 heteroatoms. The first-order valence-electron chi connectivity index (χ1n) is 5.20. The van der Waals surface area contributed by atoms with Gasteiger partial charge >= 0.3 is 0 Å². The molecular weight excluding hydrogens is 234 g/mol. The average Bonchev–Trinajstić information content (AvgIpc) is 2.85. The molecule has 2 N–H and O–H groups in total. The maximum Gasteiger partial charge on any atom is 0.252 e. The van der Waals surface area contributed by atoms with E-state index in [9.17, 15) is 4.79 Å². The Bertz CT molecular complexity index is 765. The number of carbonyl (C=O) groups excluding carboxylic acids is 1. The number of benzene rings is 1. The molecule has 0 atom stereocenters. The van der Waals surface area contributed by atoms with E-state index < -0.39 is 5.91 Å². The van der Waals surface area contributed by atoms with Crippen molar-refractivity contribution < 1.29 is 9.53 Å². The van der Waals surface area contributed by atoms with Crippen LogP contribution in [-0.2, 0) is 0 Å². The molecule has 0 aliphatic heterocycles. The summed E-state index contributed by atoms with van der Waals surface area (Å²) in [5.41, 5.74) is 6.62. The third kappa shape index (κ3) is 1.30. The van der Waals surface area contributed by atoms with Crippen LogP contribution < -0.4 is 10.5 Å². The van der Waals surface area contributed by atoms with Crippen molar-refractivity contribution in [1.29, 1.82) is 0 Å². The fourth-order valence-electron chi connectivity index (χ4n) is 1.95. The molecule has 0 aliphatic carbocycles. The van der Waals surface area contributed by atoms with E-state index >= 15 is 0 Å². The summed E-state index contributed by atoms with van der Waals surface area (Å²) in [6.07, 6.45) is 0. The third-order valence-electron chi connectivity index (χ3n) is 2.74. The average molecular weight is 243 g/mol. The summed E-state index contributed by atoms with van der Waals surface area (Å²) in [6, 6.07) is 7.12. The summed E-state index contributed by atoms with van der Waals surface area (Å²) in [5, 5.41) is 12.0. The molecule has 0 saturated heterocycles. The molecule has 2 heterocycles. The van der Waals surface area contributed by atoms with Gasteiger partial charge in [-0.1, -0.05) is 12.1 Å². The lowest BCUT2D eigenvalue weighted by molar-refractivity contribution is 0.100. The fourth-order valence-corrected chi connectivity index (χ4v) is 1.95. The van der Waals surface area contributed by atoms with Crippen molar-refractivity contribution in [1.82, 2.24) is 20.0 Å². The standard InChI is InChI=1S/C11H9N5O2/c1-18-8-4-2-3-6-5-7(10(12)17)11-13-14-15-16(11)9(6)8/h2-5H,1H3,(H2,12,17). The van der Waals surface area contributed by atoms with Crippen LogP contribution in [0.5, 0.6) is 5.75 Å². The Kier molecular flexibility index (Phi) is 2.12. The lowest BCUT2D eigenvalue weighted by Crippen LogP contribution is -2.13. The number of carbonyl (C=O) groups is 1. The van der Waals surface area contributed by atoms with E-state index in [1.807, 2.05) is 12.1 Å². The van der Waals surface area contributed by atoms with Crippen molar-refractivity contribution in [2.75, 3.05) is 7.11 Å². The zero-order valence-electron chi connectivity index (χ0n) is 9.49. The van der Waals surface area contributed by atoms with Gasteiger partial charge in [-0.05, 0) is 22.6 Å². The zero-order chi connectivity index (χ0) is 12.7. The normalized spacial score (nSPS) is 10.9. The molecule has 3 aromatic rings. The van der Waals surface area contributed by atoms with E-state index in [0.717, 1.165) is 5.39 Å². The van der Waals surface area contributed by atoms with Crippen LogP contribution in [0.2, 0.25) is 0 Å². The van der Waals surface area contributed by atoms with E-state index in [-0.39, 0.29) is 5.56 Å². The van der Waals surface area contributed by atoms with Crippen LogP contribution in [-0.4, -0.2) is 33.1 Å². The van der Waals surface area contributed by atoms with Crippen LogP contribution in [0.4, 0.5) is 0 Å². The van der Waals surface area contributed by atoms with Crippen molar-refractivity contribution in [3.8, 4) is 5.75 Å². The highest BCUT2D eigenvalue weighted by Gasteiger charge is 2.15. The number of fused-ring (bicyclic) bond motifs is 3. The van der Waals surface area contributed by atoms with Gasteiger partial charge in [-0.25, -0.2) is 0 Å². The Morgan fingerprint density at radius 1 is 1.44 bits per heavy atom. The van der Waals surface area contributed by atoms with Crippen LogP contribution in [0, 0.1) is 0 Å². The molecule has 2 aromatic heterocycles. The molecule has 1 amide bonds. The van der Waals surface area contributed by atoms with Crippen LogP contribution in [0.1, 0.15) is 10.4 Å². The second kappa shape index (κ2) is 3.66. The number of nitrogens with two attached hydrogens (primary N) is 1. The summed E-state index contributed by atoms with van der Waals surface area (Å²) in [6.45, 7) is 0. The second-order valence-electron chi connectivity index (χ2n) is 3.73. The quantitative estimate of drug-likeness (QED) is 0.702. The highest BCUT2D eigenvalue weighted by atomic mass is 16.5. The number of hydrogen-bond acceptors (Lipinski definition) is 5. The topological polar surface area (TPSA) is 95.4 Å². The Balaban J connectivity index is 2.56. The summed E-state index contributed by atoms with van der Waals surface area (Å²) < 4.78 is 6.73. The lowest BCUT2D eigenvalue weighted by Gasteiger charge is -2.07. The zero-order valence-corrected chi connectivity index (χ0v) is 9.49. The van der Waals surface area contributed by atoms with Gasteiger partial charge in [0.1, 0.15) is 11.3 Å². The maximum atomic E-state index is 11.4. The van der Waals surface area contributed by atoms with Crippen molar-refractivity contribution in [3.63, 3.8) is 0 Å². The van der Waals surface area contributed by atoms with Gasteiger partial charge in [0, 0.05) is 5.39 Å². The van der Waals surface area contributed by atoms with E-state index in [1.54, 1.807) is 19.2 Å². The third-order valence-corrected chi connectivity index (χ3v) is 2.74. The Labute approximate surface area is 101 Å². The molecule has 0 aliphatic rings. The molecule has 7 nitrogen and oxygen atoms in total. The molecule has 0 radical (unpaired) electrons. The first-order valence-corrected chi connectivity index (χ1v) is 5.20. The molecule has 0 saturated carbocycles. The maximum absolute atomic E-state index is 11.4. The molecule has 0 bridgehead atoms. The number of amides is 1. The number of hydrogen-bond donors (Lipinski definition) is 1. The second-order valence-corrected chi connectivity index (χ2v) is 3.73. The summed E-state index contributed by atoms with van der Waals surface area (Å²) in [7, 11) is 1.56.